The number of carbonyl (C=O) groups excluding carboxylic acids is 2. The average molecular weight is 400 g/mol. The van der Waals surface area contributed by atoms with Gasteiger partial charge in [0, 0.05) is 44.8 Å². The molecule has 2 heterocycles. The fraction of sp³-hybridized carbons (Fsp3) is 0.565. The molecule has 0 spiro atoms. The minimum absolute atomic E-state index is 0.0227. The molecule has 2 amide bonds. The highest BCUT2D eigenvalue weighted by Gasteiger charge is 2.26. The number of benzene rings is 1. The summed E-state index contributed by atoms with van der Waals surface area (Å²) in [5.41, 5.74) is 0.974. The second-order valence-corrected chi connectivity index (χ2v) is 7.87. The summed E-state index contributed by atoms with van der Waals surface area (Å²) in [6.45, 7) is 8.91. The first-order valence-corrected chi connectivity index (χ1v) is 10.8. The van der Waals surface area contributed by atoms with Crippen molar-refractivity contribution in [1.82, 2.24) is 14.7 Å². The van der Waals surface area contributed by atoms with Crippen molar-refractivity contribution >= 4 is 17.9 Å². The molecule has 2 aliphatic rings. The van der Waals surface area contributed by atoms with Crippen LogP contribution in [0.4, 0.5) is 0 Å². The maximum Gasteiger partial charge on any atom is 0.246 e. The summed E-state index contributed by atoms with van der Waals surface area (Å²) in [4.78, 5) is 31.1. The molecular formula is C23H33N3O3. The molecule has 0 bridgehead atoms. The zero-order valence-electron chi connectivity index (χ0n) is 17.7. The van der Waals surface area contributed by atoms with E-state index in [4.69, 9.17) is 4.74 Å². The lowest BCUT2D eigenvalue weighted by Crippen LogP contribution is -2.52. The first-order valence-electron chi connectivity index (χ1n) is 10.8. The van der Waals surface area contributed by atoms with E-state index in [1.165, 1.54) is 6.42 Å². The molecule has 1 atom stereocenters. The van der Waals surface area contributed by atoms with Gasteiger partial charge in [0.05, 0.1) is 13.2 Å². The third-order valence-electron chi connectivity index (χ3n) is 5.78. The van der Waals surface area contributed by atoms with E-state index in [1.807, 2.05) is 47.1 Å². The van der Waals surface area contributed by atoms with Crippen molar-refractivity contribution in [3.05, 3.63) is 35.9 Å². The summed E-state index contributed by atoms with van der Waals surface area (Å²) in [6, 6.07) is 8.06. The molecule has 0 N–H and O–H groups in total. The van der Waals surface area contributed by atoms with Gasteiger partial charge in [-0.05, 0) is 56.9 Å². The summed E-state index contributed by atoms with van der Waals surface area (Å²) in [5.74, 6) is 1.09. The Bertz CT molecular complexity index is 709. The van der Waals surface area contributed by atoms with Crippen LogP contribution in [0.2, 0.25) is 0 Å². The van der Waals surface area contributed by atoms with Crippen molar-refractivity contribution in [2.24, 2.45) is 0 Å². The second-order valence-electron chi connectivity index (χ2n) is 7.87. The monoisotopic (exact) mass is 399 g/mol. The van der Waals surface area contributed by atoms with Gasteiger partial charge in [0.15, 0.2) is 0 Å². The van der Waals surface area contributed by atoms with Crippen molar-refractivity contribution in [2.45, 2.75) is 39.2 Å². The fourth-order valence-electron chi connectivity index (χ4n) is 3.99. The molecule has 1 unspecified atom stereocenters. The lowest BCUT2D eigenvalue weighted by molar-refractivity contribution is -0.136. The van der Waals surface area contributed by atoms with Gasteiger partial charge in [-0.25, -0.2) is 0 Å². The van der Waals surface area contributed by atoms with Crippen LogP contribution in [0.15, 0.2) is 30.3 Å². The van der Waals surface area contributed by atoms with Crippen LogP contribution >= 0.6 is 0 Å². The number of carbonyl (C=O) groups is 2. The molecule has 29 heavy (non-hydrogen) atoms. The molecule has 0 aromatic heterocycles. The number of amides is 2. The largest absolute Gasteiger partial charge is 0.494 e. The Balaban J connectivity index is 1.43. The van der Waals surface area contributed by atoms with Gasteiger partial charge in [0.1, 0.15) is 5.75 Å². The smallest absolute Gasteiger partial charge is 0.246 e. The van der Waals surface area contributed by atoms with Crippen molar-refractivity contribution in [3.63, 3.8) is 0 Å². The molecule has 6 nitrogen and oxygen atoms in total. The zero-order valence-corrected chi connectivity index (χ0v) is 17.7. The van der Waals surface area contributed by atoms with Crippen LogP contribution in [-0.4, -0.2) is 78.4 Å². The van der Waals surface area contributed by atoms with Crippen molar-refractivity contribution in [3.8, 4) is 5.75 Å². The molecule has 158 valence electrons. The Kier molecular flexibility index (Phi) is 7.69. The topological polar surface area (TPSA) is 53.1 Å². The summed E-state index contributed by atoms with van der Waals surface area (Å²) in [5, 5.41) is 0. The van der Waals surface area contributed by atoms with Crippen LogP contribution in [0.1, 0.15) is 38.7 Å². The van der Waals surface area contributed by atoms with E-state index in [9.17, 15) is 9.59 Å². The third-order valence-corrected chi connectivity index (χ3v) is 5.78. The number of hydrogen-bond donors (Lipinski definition) is 0. The Morgan fingerprint density at radius 1 is 1.07 bits per heavy atom. The summed E-state index contributed by atoms with van der Waals surface area (Å²) in [6.07, 6.45) is 6.90. The highest BCUT2D eigenvalue weighted by atomic mass is 16.5. The van der Waals surface area contributed by atoms with Crippen molar-refractivity contribution in [1.29, 1.82) is 0 Å². The van der Waals surface area contributed by atoms with Crippen LogP contribution in [0.25, 0.3) is 6.08 Å². The highest BCUT2D eigenvalue weighted by Crippen LogP contribution is 2.17. The first-order chi connectivity index (χ1) is 14.1. The SMILES string of the molecule is CCOc1ccc(/C=C/C(=O)N2CCN(CC(=O)N3CCCCC3C)CC2)cc1. The average Bonchev–Trinajstić information content (AvgIpc) is 2.74. The zero-order chi connectivity index (χ0) is 20.6. The number of likely N-dealkylation sites (tertiary alicyclic amines) is 1. The predicted octanol–water partition coefficient (Wildman–Crippen LogP) is 2.64. The Hall–Kier alpha value is -2.34. The standard InChI is InChI=1S/C23H33N3O3/c1-3-29-21-10-7-20(8-11-21)9-12-22(27)25-16-14-24(15-17-25)18-23(28)26-13-5-4-6-19(26)2/h7-12,19H,3-6,13-18H2,1-2H3/b12-9+. The quantitative estimate of drug-likeness (QED) is 0.690. The Morgan fingerprint density at radius 2 is 1.79 bits per heavy atom. The molecule has 3 rings (SSSR count). The van der Waals surface area contributed by atoms with Crippen LogP contribution in [-0.2, 0) is 9.59 Å². The molecule has 2 fully saturated rings. The summed E-state index contributed by atoms with van der Waals surface area (Å²) in [7, 11) is 0. The molecule has 0 radical (unpaired) electrons. The van der Waals surface area contributed by atoms with Crippen molar-refractivity contribution in [2.75, 3.05) is 45.9 Å². The molecule has 6 heteroatoms. The van der Waals surface area contributed by atoms with Gasteiger partial charge in [-0.3, -0.25) is 14.5 Å². The van der Waals surface area contributed by atoms with E-state index < -0.39 is 0 Å². The van der Waals surface area contributed by atoms with Gasteiger partial charge in [0.2, 0.25) is 11.8 Å². The normalized spacial score (nSPS) is 20.8. The molecule has 0 aliphatic carbocycles. The maximum absolute atomic E-state index is 12.6. The van der Waals surface area contributed by atoms with E-state index in [1.54, 1.807) is 6.08 Å². The Labute approximate surface area is 174 Å². The van der Waals surface area contributed by atoms with Crippen molar-refractivity contribution < 1.29 is 14.3 Å². The van der Waals surface area contributed by atoms with Gasteiger partial charge in [-0.1, -0.05) is 12.1 Å². The molecule has 0 saturated carbocycles. The number of ether oxygens (including phenoxy) is 1. The van der Waals surface area contributed by atoms with Gasteiger partial charge in [0.25, 0.3) is 0 Å². The summed E-state index contributed by atoms with van der Waals surface area (Å²) < 4.78 is 5.43. The molecule has 2 aliphatic heterocycles. The van der Waals surface area contributed by atoms with Crippen LogP contribution < -0.4 is 4.74 Å². The van der Waals surface area contributed by atoms with E-state index in [2.05, 4.69) is 11.8 Å². The molecule has 1 aromatic rings. The van der Waals surface area contributed by atoms with Gasteiger partial charge < -0.3 is 14.5 Å². The minimum atomic E-state index is 0.0227. The maximum atomic E-state index is 12.6. The van der Waals surface area contributed by atoms with Crippen LogP contribution in [0, 0.1) is 0 Å². The molecule has 1 aromatic carbocycles. The van der Waals surface area contributed by atoms with Crippen LogP contribution in [0.5, 0.6) is 5.75 Å². The fourth-order valence-corrected chi connectivity index (χ4v) is 3.99. The Morgan fingerprint density at radius 3 is 2.45 bits per heavy atom. The minimum Gasteiger partial charge on any atom is -0.494 e. The van der Waals surface area contributed by atoms with Gasteiger partial charge in [-0.15, -0.1) is 0 Å². The number of piperidine rings is 1. The highest BCUT2D eigenvalue weighted by molar-refractivity contribution is 5.91. The van der Waals surface area contributed by atoms with E-state index in [0.717, 1.165) is 43.8 Å². The lowest BCUT2D eigenvalue weighted by Gasteiger charge is -2.37. The third kappa shape index (κ3) is 6.07. The second kappa shape index (κ2) is 10.4. The number of rotatable bonds is 6. The number of hydrogen-bond acceptors (Lipinski definition) is 4. The first kappa shape index (κ1) is 21.4. The number of nitrogens with zero attached hydrogens (tertiary/aromatic N) is 3. The van der Waals surface area contributed by atoms with E-state index in [-0.39, 0.29) is 11.8 Å². The van der Waals surface area contributed by atoms with Gasteiger partial charge >= 0.3 is 0 Å². The lowest BCUT2D eigenvalue weighted by atomic mass is 10.0. The van der Waals surface area contributed by atoms with Gasteiger partial charge in [-0.2, -0.15) is 0 Å². The molecular weight excluding hydrogens is 366 g/mol. The number of piperazine rings is 1. The predicted molar refractivity (Wildman–Crippen MR) is 115 cm³/mol. The van der Waals surface area contributed by atoms with Crippen LogP contribution in [0.3, 0.4) is 0 Å². The van der Waals surface area contributed by atoms with E-state index in [0.29, 0.717) is 32.3 Å². The summed E-state index contributed by atoms with van der Waals surface area (Å²) >= 11 is 0. The van der Waals surface area contributed by atoms with E-state index >= 15 is 0 Å². The molecule has 2 saturated heterocycles.